The van der Waals surface area contributed by atoms with Gasteiger partial charge in [-0.1, -0.05) is 38.1 Å². The molecule has 1 atom stereocenters. The third-order valence-electron chi connectivity index (χ3n) is 3.08. The molecule has 1 N–H and O–H groups in total. The zero-order chi connectivity index (χ0) is 14.4. The van der Waals surface area contributed by atoms with Crippen LogP contribution in [0, 0.1) is 0 Å². The minimum atomic E-state index is -0.470. The first-order valence-electron chi connectivity index (χ1n) is 6.98. The minimum Gasteiger partial charge on any atom is -0.463 e. The number of nitrogens with zero attached hydrogens (tertiary/aromatic N) is 2. The number of aliphatic hydroxyl groups excluding tert-OH is 1. The fourth-order valence-electron chi connectivity index (χ4n) is 1.99. The number of rotatable bonds is 6. The Labute approximate surface area is 119 Å². The molecule has 1 heterocycles. The predicted octanol–water partition coefficient (Wildman–Crippen LogP) is 3.38. The molecular weight excluding hydrogens is 252 g/mol. The van der Waals surface area contributed by atoms with E-state index in [9.17, 15) is 5.11 Å². The van der Waals surface area contributed by atoms with Gasteiger partial charge in [0.25, 0.3) is 0 Å². The molecule has 4 nitrogen and oxygen atoms in total. The van der Waals surface area contributed by atoms with Crippen LogP contribution in [0.15, 0.2) is 36.7 Å². The van der Waals surface area contributed by atoms with E-state index in [4.69, 9.17) is 4.74 Å². The Bertz CT molecular complexity index is 540. The van der Waals surface area contributed by atoms with Gasteiger partial charge in [0.05, 0.1) is 12.7 Å². The first kappa shape index (κ1) is 14.5. The Morgan fingerprint density at radius 1 is 1.15 bits per heavy atom. The second-order valence-corrected chi connectivity index (χ2v) is 4.61. The average molecular weight is 272 g/mol. The molecule has 0 aliphatic carbocycles. The molecule has 0 fully saturated rings. The van der Waals surface area contributed by atoms with Gasteiger partial charge in [-0.05, 0) is 24.0 Å². The lowest BCUT2D eigenvalue weighted by Crippen LogP contribution is -2.01. The van der Waals surface area contributed by atoms with Crippen LogP contribution in [-0.2, 0) is 0 Å². The summed E-state index contributed by atoms with van der Waals surface area (Å²) in [5.41, 5.74) is 2.75. The summed E-state index contributed by atoms with van der Waals surface area (Å²) in [6.45, 7) is 4.61. The third kappa shape index (κ3) is 3.33. The summed E-state index contributed by atoms with van der Waals surface area (Å²) in [4.78, 5) is 8.41. The summed E-state index contributed by atoms with van der Waals surface area (Å²) in [5, 5.41) is 10.1. The Hall–Kier alpha value is -1.94. The molecule has 2 rings (SSSR count). The van der Waals surface area contributed by atoms with E-state index < -0.39 is 6.10 Å². The van der Waals surface area contributed by atoms with Crippen LogP contribution in [0.25, 0.3) is 11.1 Å². The molecule has 20 heavy (non-hydrogen) atoms. The van der Waals surface area contributed by atoms with Crippen molar-refractivity contribution in [2.45, 2.75) is 32.8 Å². The monoisotopic (exact) mass is 272 g/mol. The van der Waals surface area contributed by atoms with Gasteiger partial charge in [0.1, 0.15) is 0 Å². The maximum atomic E-state index is 10.1. The van der Waals surface area contributed by atoms with E-state index >= 15 is 0 Å². The van der Waals surface area contributed by atoms with Gasteiger partial charge >= 0.3 is 6.01 Å². The Kier molecular flexibility index (Phi) is 5.07. The van der Waals surface area contributed by atoms with E-state index in [0.29, 0.717) is 19.0 Å². The van der Waals surface area contributed by atoms with Crippen LogP contribution in [0.1, 0.15) is 38.4 Å². The van der Waals surface area contributed by atoms with Crippen molar-refractivity contribution in [1.82, 2.24) is 9.97 Å². The van der Waals surface area contributed by atoms with Gasteiger partial charge in [0.15, 0.2) is 0 Å². The molecule has 0 aliphatic heterocycles. The van der Waals surface area contributed by atoms with Crippen LogP contribution in [0.5, 0.6) is 6.01 Å². The molecule has 0 amide bonds. The van der Waals surface area contributed by atoms with Crippen molar-refractivity contribution in [3.05, 3.63) is 42.2 Å². The van der Waals surface area contributed by atoms with Crippen molar-refractivity contribution < 1.29 is 9.84 Å². The number of hydrogen-bond donors (Lipinski definition) is 1. The largest absolute Gasteiger partial charge is 0.463 e. The van der Waals surface area contributed by atoms with Gasteiger partial charge in [-0.15, -0.1) is 0 Å². The van der Waals surface area contributed by atoms with Gasteiger partial charge in [-0.3, -0.25) is 0 Å². The Balaban J connectivity index is 2.27. The molecule has 0 aliphatic rings. The maximum Gasteiger partial charge on any atom is 0.316 e. The molecule has 1 aromatic carbocycles. The molecule has 4 heteroatoms. The molecular formula is C16H20N2O2. The van der Waals surface area contributed by atoms with Crippen molar-refractivity contribution in [2.24, 2.45) is 0 Å². The first-order chi connectivity index (χ1) is 9.76. The van der Waals surface area contributed by atoms with Crippen molar-refractivity contribution in [3.63, 3.8) is 0 Å². The number of ether oxygens (including phenoxy) is 1. The zero-order valence-electron chi connectivity index (χ0n) is 11.9. The summed E-state index contributed by atoms with van der Waals surface area (Å²) >= 11 is 0. The van der Waals surface area contributed by atoms with Gasteiger partial charge in [-0.25, -0.2) is 9.97 Å². The zero-order valence-corrected chi connectivity index (χ0v) is 11.9. The quantitative estimate of drug-likeness (QED) is 0.876. The molecule has 0 spiro atoms. The van der Waals surface area contributed by atoms with Crippen molar-refractivity contribution in [3.8, 4) is 17.1 Å². The molecule has 0 saturated heterocycles. The van der Waals surface area contributed by atoms with Crippen LogP contribution in [0.2, 0.25) is 0 Å². The lowest BCUT2D eigenvalue weighted by atomic mass is 9.97. The minimum absolute atomic E-state index is 0.393. The molecule has 0 saturated carbocycles. The summed E-state index contributed by atoms with van der Waals surface area (Å²) < 4.78 is 5.37. The molecule has 1 unspecified atom stereocenters. The highest BCUT2D eigenvalue weighted by atomic mass is 16.5. The predicted molar refractivity (Wildman–Crippen MR) is 78.5 cm³/mol. The van der Waals surface area contributed by atoms with E-state index in [0.717, 1.165) is 23.1 Å². The lowest BCUT2D eigenvalue weighted by molar-refractivity contribution is 0.174. The molecule has 0 bridgehead atoms. The molecule has 106 valence electrons. The van der Waals surface area contributed by atoms with E-state index in [1.807, 2.05) is 38.1 Å². The highest BCUT2D eigenvalue weighted by Gasteiger charge is 2.12. The Morgan fingerprint density at radius 3 is 2.50 bits per heavy atom. The van der Waals surface area contributed by atoms with E-state index in [1.54, 1.807) is 12.4 Å². The van der Waals surface area contributed by atoms with Crippen LogP contribution >= 0.6 is 0 Å². The topological polar surface area (TPSA) is 55.2 Å². The number of aliphatic hydroxyl groups is 1. The molecule has 0 radical (unpaired) electrons. The standard InChI is InChI=1S/C16H20N2O2/c1-3-9-20-16-17-10-12(11-18-16)13-7-5-6-8-14(13)15(19)4-2/h5-8,10-11,15,19H,3-4,9H2,1-2H3. The van der Waals surface area contributed by atoms with Gasteiger partial charge < -0.3 is 9.84 Å². The highest BCUT2D eigenvalue weighted by Crippen LogP contribution is 2.29. The molecule has 1 aromatic heterocycles. The van der Waals surface area contributed by atoms with Crippen molar-refractivity contribution >= 4 is 0 Å². The number of benzene rings is 1. The summed E-state index contributed by atoms with van der Waals surface area (Å²) in [5.74, 6) is 0. The summed E-state index contributed by atoms with van der Waals surface area (Å²) in [6.07, 6.45) is 4.60. The Morgan fingerprint density at radius 2 is 1.85 bits per heavy atom. The number of aromatic nitrogens is 2. The van der Waals surface area contributed by atoms with Crippen LogP contribution in [-0.4, -0.2) is 21.7 Å². The van der Waals surface area contributed by atoms with Gasteiger partial charge in [-0.2, -0.15) is 0 Å². The second-order valence-electron chi connectivity index (χ2n) is 4.61. The van der Waals surface area contributed by atoms with Crippen molar-refractivity contribution in [2.75, 3.05) is 6.61 Å². The van der Waals surface area contributed by atoms with Gasteiger partial charge in [0, 0.05) is 18.0 Å². The first-order valence-corrected chi connectivity index (χ1v) is 6.98. The van der Waals surface area contributed by atoms with E-state index in [1.165, 1.54) is 0 Å². The SMILES string of the molecule is CCCOc1ncc(-c2ccccc2C(O)CC)cn1. The second kappa shape index (κ2) is 7.01. The third-order valence-corrected chi connectivity index (χ3v) is 3.08. The number of hydrogen-bond acceptors (Lipinski definition) is 4. The smallest absolute Gasteiger partial charge is 0.316 e. The fourth-order valence-corrected chi connectivity index (χ4v) is 1.99. The average Bonchev–Trinajstić information content (AvgIpc) is 2.52. The molecule has 2 aromatic rings. The highest BCUT2D eigenvalue weighted by molar-refractivity contribution is 5.66. The maximum absolute atomic E-state index is 10.1. The summed E-state index contributed by atoms with van der Waals surface area (Å²) in [6, 6.07) is 8.17. The lowest BCUT2D eigenvalue weighted by Gasteiger charge is -2.13. The summed E-state index contributed by atoms with van der Waals surface area (Å²) in [7, 11) is 0. The van der Waals surface area contributed by atoms with E-state index in [2.05, 4.69) is 9.97 Å². The van der Waals surface area contributed by atoms with Crippen LogP contribution < -0.4 is 4.74 Å². The van der Waals surface area contributed by atoms with Crippen LogP contribution in [0.4, 0.5) is 0 Å². The van der Waals surface area contributed by atoms with E-state index in [-0.39, 0.29) is 0 Å². The van der Waals surface area contributed by atoms with Crippen molar-refractivity contribution in [1.29, 1.82) is 0 Å². The normalized spacial score (nSPS) is 12.2. The van der Waals surface area contributed by atoms with Gasteiger partial charge in [0.2, 0.25) is 0 Å². The fraction of sp³-hybridized carbons (Fsp3) is 0.375. The van der Waals surface area contributed by atoms with Crippen LogP contribution in [0.3, 0.4) is 0 Å².